The van der Waals surface area contributed by atoms with Crippen LogP contribution >= 0.6 is 0 Å². The fourth-order valence-corrected chi connectivity index (χ4v) is 2.87. The van der Waals surface area contributed by atoms with Crippen LogP contribution in [-0.2, 0) is 4.74 Å². The molecule has 2 saturated carbocycles. The zero-order valence-corrected chi connectivity index (χ0v) is 10.3. The monoisotopic (exact) mass is 224 g/mol. The van der Waals surface area contributed by atoms with Crippen molar-refractivity contribution in [3.63, 3.8) is 0 Å². The van der Waals surface area contributed by atoms with Crippen molar-refractivity contribution in [1.29, 1.82) is 0 Å². The van der Waals surface area contributed by atoms with Gasteiger partial charge >= 0.3 is 0 Å². The highest BCUT2D eigenvalue weighted by Gasteiger charge is 2.53. The SMILES string of the molecule is CC1(OCCNCC2(C3CC3)CC2)CNC1. The lowest BCUT2D eigenvalue weighted by molar-refractivity contribution is -0.0649. The summed E-state index contributed by atoms with van der Waals surface area (Å²) in [4.78, 5) is 0. The van der Waals surface area contributed by atoms with Gasteiger partial charge in [-0.05, 0) is 43.9 Å². The Kier molecular flexibility index (Phi) is 2.73. The maximum atomic E-state index is 5.85. The maximum Gasteiger partial charge on any atom is 0.0902 e. The molecular weight excluding hydrogens is 200 g/mol. The van der Waals surface area contributed by atoms with Gasteiger partial charge in [0.05, 0.1) is 12.2 Å². The van der Waals surface area contributed by atoms with Crippen LogP contribution in [0.1, 0.15) is 32.6 Å². The minimum atomic E-state index is 0.120. The first-order valence-corrected chi connectivity index (χ1v) is 6.78. The van der Waals surface area contributed by atoms with Gasteiger partial charge in [0.25, 0.3) is 0 Å². The van der Waals surface area contributed by atoms with Crippen LogP contribution in [0.15, 0.2) is 0 Å². The second-order valence-corrected chi connectivity index (χ2v) is 6.22. The molecule has 0 aromatic carbocycles. The zero-order chi connectivity index (χ0) is 11.1. The highest BCUT2D eigenvalue weighted by molar-refractivity contribution is 5.05. The van der Waals surface area contributed by atoms with E-state index in [0.717, 1.165) is 37.6 Å². The molecule has 3 rings (SSSR count). The van der Waals surface area contributed by atoms with Crippen molar-refractivity contribution in [2.24, 2.45) is 11.3 Å². The third-order valence-electron chi connectivity index (χ3n) is 4.54. The largest absolute Gasteiger partial charge is 0.371 e. The Bertz CT molecular complexity index is 255. The fraction of sp³-hybridized carbons (Fsp3) is 1.00. The molecule has 92 valence electrons. The molecule has 0 amide bonds. The molecule has 3 nitrogen and oxygen atoms in total. The van der Waals surface area contributed by atoms with Gasteiger partial charge in [-0.25, -0.2) is 0 Å². The van der Waals surface area contributed by atoms with Crippen molar-refractivity contribution in [3.05, 3.63) is 0 Å². The summed E-state index contributed by atoms with van der Waals surface area (Å²) in [5, 5.41) is 6.84. The van der Waals surface area contributed by atoms with Crippen molar-refractivity contribution in [1.82, 2.24) is 10.6 Å². The number of ether oxygens (including phenoxy) is 1. The minimum Gasteiger partial charge on any atom is -0.371 e. The highest BCUT2D eigenvalue weighted by Crippen LogP contribution is 2.60. The average Bonchev–Trinajstić information content (AvgIpc) is 3.07. The van der Waals surface area contributed by atoms with E-state index in [2.05, 4.69) is 17.6 Å². The summed E-state index contributed by atoms with van der Waals surface area (Å²) < 4.78 is 5.85. The van der Waals surface area contributed by atoms with Crippen molar-refractivity contribution in [2.45, 2.75) is 38.2 Å². The van der Waals surface area contributed by atoms with Crippen LogP contribution in [0.4, 0.5) is 0 Å². The molecule has 0 unspecified atom stereocenters. The average molecular weight is 224 g/mol. The summed E-state index contributed by atoms with van der Waals surface area (Å²) in [6.45, 7) is 7.33. The first-order valence-electron chi connectivity index (χ1n) is 6.78. The smallest absolute Gasteiger partial charge is 0.0902 e. The van der Waals surface area contributed by atoms with Crippen LogP contribution in [0.25, 0.3) is 0 Å². The predicted octanol–water partition coefficient (Wildman–Crippen LogP) is 1.14. The maximum absolute atomic E-state index is 5.85. The third-order valence-corrected chi connectivity index (χ3v) is 4.54. The lowest BCUT2D eigenvalue weighted by Gasteiger charge is -2.39. The summed E-state index contributed by atoms with van der Waals surface area (Å²) >= 11 is 0. The van der Waals surface area contributed by atoms with Gasteiger partial charge in [0, 0.05) is 26.2 Å². The number of rotatable bonds is 7. The molecule has 3 heteroatoms. The molecule has 1 saturated heterocycles. The fourth-order valence-electron chi connectivity index (χ4n) is 2.87. The van der Waals surface area contributed by atoms with Crippen LogP contribution in [0.3, 0.4) is 0 Å². The molecule has 0 aromatic rings. The van der Waals surface area contributed by atoms with Crippen LogP contribution in [-0.4, -0.2) is 38.4 Å². The van der Waals surface area contributed by atoms with Crippen LogP contribution in [0, 0.1) is 11.3 Å². The van der Waals surface area contributed by atoms with E-state index in [1.807, 2.05) is 0 Å². The first-order chi connectivity index (χ1) is 7.73. The van der Waals surface area contributed by atoms with Gasteiger partial charge in [-0.3, -0.25) is 0 Å². The zero-order valence-electron chi connectivity index (χ0n) is 10.3. The highest BCUT2D eigenvalue weighted by atomic mass is 16.5. The lowest BCUT2D eigenvalue weighted by atomic mass is 10.0. The van der Waals surface area contributed by atoms with Gasteiger partial charge in [0.15, 0.2) is 0 Å². The quantitative estimate of drug-likeness (QED) is 0.636. The van der Waals surface area contributed by atoms with Gasteiger partial charge in [0.1, 0.15) is 0 Å². The summed E-state index contributed by atoms with van der Waals surface area (Å²) in [5.74, 6) is 1.06. The van der Waals surface area contributed by atoms with Crippen molar-refractivity contribution < 1.29 is 4.74 Å². The van der Waals surface area contributed by atoms with Gasteiger partial charge in [-0.15, -0.1) is 0 Å². The predicted molar refractivity (Wildman–Crippen MR) is 64.5 cm³/mol. The van der Waals surface area contributed by atoms with Gasteiger partial charge in [0.2, 0.25) is 0 Å². The molecule has 0 atom stereocenters. The molecular formula is C13H24N2O. The second kappa shape index (κ2) is 3.97. The molecule has 2 aliphatic carbocycles. The molecule has 0 spiro atoms. The Morgan fingerprint density at radius 3 is 2.56 bits per heavy atom. The molecule has 16 heavy (non-hydrogen) atoms. The molecule has 1 heterocycles. The van der Waals surface area contributed by atoms with E-state index in [9.17, 15) is 0 Å². The summed E-state index contributed by atoms with van der Waals surface area (Å²) in [5.41, 5.74) is 0.845. The van der Waals surface area contributed by atoms with E-state index in [-0.39, 0.29) is 5.60 Å². The summed E-state index contributed by atoms with van der Waals surface area (Å²) in [7, 11) is 0. The Morgan fingerprint density at radius 1 is 1.31 bits per heavy atom. The van der Waals surface area contributed by atoms with Crippen molar-refractivity contribution in [2.75, 3.05) is 32.8 Å². The van der Waals surface area contributed by atoms with E-state index in [4.69, 9.17) is 4.74 Å². The third kappa shape index (κ3) is 2.27. The standard InChI is InChI=1S/C13H24N2O/c1-12(8-15-9-12)16-7-6-14-10-13(4-5-13)11-2-3-11/h11,14-15H,2-10H2,1H3. The molecule has 3 fully saturated rings. The number of nitrogens with one attached hydrogen (secondary N) is 2. The van der Waals surface area contributed by atoms with Crippen LogP contribution in [0.2, 0.25) is 0 Å². The van der Waals surface area contributed by atoms with E-state index < -0.39 is 0 Å². The van der Waals surface area contributed by atoms with E-state index in [1.54, 1.807) is 0 Å². The van der Waals surface area contributed by atoms with E-state index in [0.29, 0.717) is 0 Å². The van der Waals surface area contributed by atoms with Crippen molar-refractivity contribution >= 4 is 0 Å². The van der Waals surface area contributed by atoms with Gasteiger partial charge in [-0.2, -0.15) is 0 Å². The minimum absolute atomic E-state index is 0.120. The molecule has 2 N–H and O–H groups in total. The summed E-state index contributed by atoms with van der Waals surface area (Å²) in [6.07, 6.45) is 5.91. The molecule has 0 bridgehead atoms. The van der Waals surface area contributed by atoms with Gasteiger partial charge < -0.3 is 15.4 Å². The Hall–Kier alpha value is -0.120. The van der Waals surface area contributed by atoms with Crippen LogP contribution < -0.4 is 10.6 Å². The Balaban J connectivity index is 1.27. The molecule has 0 radical (unpaired) electrons. The van der Waals surface area contributed by atoms with Gasteiger partial charge in [-0.1, -0.05) is 0 Å². The Morgan fingerprint density at radius 2 is 2.06 bits per heavy atom. The first kappa shape index (κ1) is 11.0. The Labute approximate surface area is 98.3 Å². The van der Waals surface area contributed by atoms with E-state index in [1.165, 1.54) is 32.2 Å². The number of hydrogen-bond acceptors (Lipinski definition) is 3. The molecule has 1 aliphatic heterocycles. The topological polar surface area (TPSA) is 33.3 Å². The molecule has 3 aliphatic rings. The molecule has 0 aromatic heterocycles. The second-order valence-electron chi connectivity index (χ2n) is 6.22. The van der Waals surface area contributed by atoms with Crippen molar-refractivity contribution in [3.8, 4) is 0 Å². The number of hydrogen-bond donors (Lipinski definition) is 2. The summed E-state index contributed by atoms with van der Waals surface area (Å²) in [6, 6.07) is 0. The lowest BCUT2D eigenvalue weighted by Crippen LogP contribution is -2.59. The normalized spacial score (nSPS) is 29.8. The van der Waals surface area contributed by atoms with E-state index >= 15 is 0 Å². The van der Waals surface area contributed by atoms with Crippen LogP contribution in [0.5, 0.6) is 0 Å².